The molecule has 2 aliphatic heterocycles. The number of benzene rings is 2. The Kier molecular flexibility index (Phi) is 2.19. The van der Waals surface area contributed by atoms with Crippen LogP contribution in [0.1, 0.15) is 26.3 Å². The monoisotopic (exact) mass is 281 g/mol. The van der Waals surface area contributed by atoms with Crippen LogP contribution < -0.4 is 14.8 Å². The highest BCUT2D eigenvalue weighted by Crippen LogP contribution is 2.44. The number of hydrogen-bond acceptors (Lipinski definition) is 4. The van der Waals surface area contributed by atoms with Crippen LogP contribution in [0.5, 0.6) is 11.5 Å². The second-order valence-electron chi connectivity index (χ2n) is 4.97. The molecular formula is C16H11NO4. The average molecular weight is 281 g/mol. The molecule has 0 aromatic heterocycles. The Balaban J connectivity index is 1.90. The number of ether oxygens (including phenoxy) is 2. The third-order valence-electron chi connectivity index (χ3n) is 3.85. The topological polar surface area (TPSA) is 64.6 Å². The zero-order chi connectivity index (χ0) is 14.6. The number of nitrogens with one attached hydrogen (secondary N) is 1. The van der Waals surface area contributed by atoms with E-state index in [4.69, 9.17) is 9.47 Å². The quantitative estimate of drug-likeness (QED) is 0.866. The van der Waals surface area contributed by atoms with Crippen molar-refractivity contribution in [1.82, 2.24) is 5.32 Å². The van der Waals surface area contributed by atoms with Gasteiger partial charge in [-0.2, -0.15) is 0 Å². The van der Waals surface area contributed by atoms with Crippen molar-refractivity contribution in [3.8, 4) is 11.5 Å². The molecule has 1 spiro atoms. The summed E-state index contributed by atoms with van der Waals surface area (Å²) in [6, 6.07) is 12.0. The van der Waals surface area contributed by atoms with Crippen LogP contribution in [0.25, 0.3) is 0 Å². The predicted octanol–water partition coefficient (Wildman–Crippen LogP) is 1.87. The zero-order valence-electron chi connectivity index (χ0n) is 11.2. The summed E-state index contributed by atoms with van der Waals surface area (Å²) in [5.74, 6) is 0.423. The molecule has 1 atom stereocenters. The molecule has 4 rings (SSSR count). The van der Waals surface area contributed by atoms with Gasteiger partial charge in [0.15, 0.2) is 0 Å². The van der Waals surface area contributed by atoms with E-state index in [0.717, 1.165) is 0 Å². The van der Waals surface area contributed by atoms with Crippen LogP contribution in [-0.4, -0.2) is 18.8 Å². The van der Waals surface area contributed by atoms with Gasteiger partial charge in [-0.05, 0) is 24.3 Å². The van der Waals surface area contributed by atoms with Crippen LogP contribution in [0.15, 0.2) is 42.5 Å². The number of amides is 1. The Hall–Kier alpha value is -2.82. The lowest BCUT2D eigenvalue weighted by Crippen LogP contribution is -2.47. The molecule has 2 aliphatic rings. The third kappa shape index (κ3) is 1.40. The van der Waals surface area contributed by atoms with Crippen molar-refractivity contribution in [3.05, 3.63) is 59.2 Å². The Morgan fingerprint density at radius 2 is 1.90 bits per heavy atom. The molecular weight excluding hydrogens is 270 g/mol. The number of ketones is 1. The Morgan fingerprint density at radius 1 is 1.10 bits per heavy atom. The minimum atomic E-state index is -1.44. The SMILES string of the molecule is COc1ccc2c(c1)C(=O)C1(NC(=O)c3ccccc31)O2. The second-order valence-corrected chi connectivity index (χ2v) is 4.97. The highest BCUT2D eigenvalue weighted by Gasteiger charge is 2.56. The maximum absolute atomic E-state index is 12.8. The molecule has 0 bridgehead atoms. The van der Waals surface area contributed by atoms with E-state index in [9.17, 15) is 9.59 Å². The van der Waals surface area contributed by atoms with E-state index in [1.54, 1.807) is 42.5 Å². The van der Waals surface area contributed by atoms with E-state index in [0.29, 0.717) is 28.2 Å². The number of carbonyl (C=O) groups excluding carboxylic acids is 2. The van der Waals surface area contributed by atoms with E-state index >= 15 is 0 Å². The lowest BCUT2D eigenvalue weighted by molar-refractivity contribution is 0.0414. The zero-order valence-corrected chi connectivity index (χ0v) is 11.2. The maximum Gasteiger partial charge on any atom is 0.274 e. The summed E-state index contributed by atoms with van der Waals surface area (Å²) in [6.45, 7) is 0. The predicted molar refractivity (Wildman–Crippen MR) is 73.5 cm³/mol. The van der Waals surface area contributed by atoms with Crippen LogP contribution in [0, 0.1) is 0 Å². The smallest absolute Gasteiger partial charge is 0.274 e. The van der Waals surface area contributed by atoms with Gasteiger partial charge < -0.3 is 14.8 Å². The Morgan fingerprint density at radius 3 is 2.71 bits per heavy atom. The van der Waals surface area contributed by atoms with Crippen molar-refractivity contribution in [3.63, 3.8) is 0 Å². The summed E-state index contributed by atoms with van der Waals surface area (Å²) in [5.41, 5.74) is -0.0188. The molecule has 2 heterocycles. The molecule has 0 saturated carbocycles. The highest BCUT2D eigenvalue weighted by molar-refractivity contribution is 6.14. The normalized spacial score (nSPS) is 21.8. The third-order valence-corrected chi connectivity index (χ3v) is 3.85. The fourth-order valence-electron chi connectivity index (χ4n) is 2.85. The molecule has 1 N–H and O–H groups in total. The Labute approximate surface area is 120 Å². The van der Waals surface area contributed by atoms with E-state index in [-0.39, 0.29) is 11.7 Å². The fourth-order valence-corrected chi connectivity index (χ4v) is 2.85. The summed E-state index contributed by atoms with van der Waals surface area (Å²) in [4.78, 5) is 24.9. The standard InChI is InChI=1S/C16H11NO4/c1-20-9-6-7-13-11(8-9)14(18)16(21-13)12-5-3-2-4-10(12)15(19)17-16/h2-8H,1H3,(H,17,19). The van der Waals surface area contributed by atoms with Crippen LogP contribution in [0.2, 0.25) is 0 Å². The maximum atomic E-state index is 12.8. The van der Waals surface area contributed by atoms with E-state index < -0.39 is 5.72 Å². The number of fused-ring (bicyclic) bond motifs is 3. The summed E-state index contributed by atoms with van der Waals surface area (Å²) in [7, 11) is 1.53. The summed E-state index contributed by atoms with van der Waals surface area (Å²) in [6.07, 6.45) is 0. The highest BCUT2D eigenvalue weighted by atomic mass is 16.5. The summed E-state index contributed by atoms with van der Waals surface area (Å²) < 4.78 is 11.0. The number of rotatable bonds is 1. The van der Waals surface area contributed by atoms with Gasteiger partial charge in [0, 0.05) is 11.1 Å². The molecule has 0 saturated heterocycles. The molecule has 0 aliphatic carbocycles. The second kappa shape index (κ2) is 3.85. The first-order chi connectivity index (χ1) is 10.2. The van der Waals surface area contributed by atoms with Crippen LogP contribution >= 0.6 is 0 Å². The van der Waals surface area contributed by atoms with Crippen molar-refractivity contribution < 1.29 is 19.1 Å². The molecule has 2 aromatic rings. The molecule has 1 unspecified atom stereocenters. The largest absolute Gasteiger partial charge is 0.497 e. The lowest BCUT2D eigenvalue weighted by atomic mass is 9.95. The molecule has 5 nitrogen and oxygen atoms in total. The number of hydrogen-bond donors (Lipinski definition) is 1. The first kappa shape index (κ1) is 12.0. The minimum Gasteiger partial charge on any atom is -0.497 e. The van der Waals surface area contributed by atoms with E-state index in [1.807, 2.05) is 0 Å². The summed E-state index contributed by atoms with van der Waals surface area (Å²) in [5, 5.41) is 2.68. The average Bonchev–Trinajstić information content (AvgIpc) is 2.96. The molecule has 0 radical (unpaired) electrons. The van der Waals surface area contributed by atoms with Gasteiger partial charge in [-0.25, -0.2) is 0 Å². The van der Waals surface area contributed by atoms with Gasteiger partial charge >= 0.3 is 0 Å². The van der Waals surface area contributed by atoms with Crippen molar-refractivity contribution in [2.75, 3.05) is 7.11 Å². The molecule has 1 amide bonds. The van der Waals surface area contributed by atoms with E-state index in [2.05, 4.69) is 5.32 Å². The molecule has 2 aromatic carbocycles. The first-order valence-corrected chi connectivity index (χ1v) is 6.49. The fraction of sp³-hybridized carbons (Fsp3) is 0.125. The Bertz CT molecular complexity index is 799. The molecule has 21 heavy (non-hydrogen) atoms. The number of methoxy groups -OCH3 is 1. The molecule has 104 valence electrons. The van der Waals surface area contributed by atoms with Gasteiger partial charge in [0.1, 0.15) is 11.5 Å². The molecule has 5 heteroatoms. The van der Waals surface area contributed by atoms with Gasteiger partial charge in [0.05, 0.1) is 12.7 Å². The number of Topliss-reactive ketones (excluding diaryl/α,β-unsaturated/α-hetero) is 1. The van der Waals surface area contributed by atoms with Crippen LogP contribution in [0.3, 0.4) is 0 Å². The van der Waals surface area contributed by atoms with Gasteiger partial charge in [-0.15, -0.1) is 0 Å². The van der Waals surface area contributed by atoms with Crippen molar-refractivity contribution >= 4 is 11.7 Å². The van der Waals surface area contributed by atoms with Gasteiger partial charge in [0.25, 0.3) is 11.6 Å². The van der Waals surface area contributed by atoms with Crippen molar-refractivity contribution in [2.24, 2.45) is 0 Å². The van der Waals surface area contributed by atoms with E-state index in [1.165, 1.54) is 7.11 Å². The van der Waals surface area contributed by atoms with Crippen LogP contribution in [-0.2, 0) is 5.72 Å². The minimum absolute atomic E-state index is 0.283. The van der Waals surface area contributed by atoms with Gasteiger partial charge in [0.2, 0.25) is 5.78 Å². The van der Waals surface area contributed by atoms with Crippen LogP contribution in [0.4, 0.5) is 0 Å². The van der Waals surface area contributed by atoms with Crippen molar-refractivity contribution in [2.45, 2.75) is 5.72 Å². The lowest BCUT2D eigenvalue weighted by Gasteiger charge is -2.22. The first-order valence-electron chi connectivity index (χ1n) is 6.49. The molecule has 0 fully saturated rings. The van der Waals surface area contributed by atoms with Gasteiger partial charge in [-0.3, -0.25) is 9.59 Å². The number of carbonyl (C=O) groups is 2. The summed E-state index contributed by atoms with van der Waals surface area (Å²) >= 11 is 0. The van der Waals surface area contributed by atoms with Crippen molar-refractivity contribution in [1.29, 1.82) is 0 Å². The van der Waals surface area contributed by atoms with Gasteiger partial charge in [-0.1, -0.05) is 18.2 Å².